The zero-order valence-electron chi connectivity index (χ0n) is 21.1. The maximum Gasteiger partial charge on any atom is 0.296 e. The lowest BCUT2D eigenvalue weighted by Gasteiger charge is -2.35. The quantitative estimate of drug-likeness (QED) is 0.362. The third-order valence-electron chi connectivity index (χ3n) is 7.71. The van der Waals surface area contributed by atoms with Gasteiger partial charge in [0.1, 0.15) is 19.0 Å². The molecular formula is C28H29N3O7. The van der Waals surface area contributed by atoms with Gasteiger partial charge in [-0.1, -0.05) is 18.2 Å². The van der Waals surface area contributed by atoms with Crippen LogP contribution in [0.1, 0.15) is 17.5 Å². The van der Waals surface area contributed by atoms with Gasteiger partial charge in [-0.3, -0.25) is 19.3 Å². The van der Waals surface area contributed by atoms with Crippen LogP contribution in [0.2, 0.25) is 0 Å². The molecule has 2 aromatic rings. The summed E-state index contributed by atoms with van der Waals surface area (Å²) in [5.41, 5.74) is -0.642. The van der Waals surface area contributed by atoms with E-state index in [1.807, 2.05) is 0 Å². The number of ether oxygens (including phenoxy) is 3. The standard InChI is InChI=1S/C28H29N3O7/c1-29-20-6-3-2-5-19(20)28(27(29)35)23(24(32)18-7-8-21-22(17-18)38-16-15-37-21)25(33)26(34)31(28)10-4-9-30-11-13-36-14-12-30/h2-3,5-8,17,32H,4,9-16H2,1H3/b24-23-/t28-/m1/s1. The van der Waals surface area contributed by atoms with E-state index in [0.717, 1.165) is 13.1 Å². The zero-order valence-corrected chi connectivity index (χ0v) is 21.1. The third-order valence-corrected chi connectivity index (χ3v) is 7.71. The number of ketones is 1. The van der Waals surface area contributed by atoms with Crippen molar-refractivity contribution in [1.29, 1.82) is 0 Å². The smallest absolute Gasteiger partial charge is 0.296 e. The molecule has 10 heteroatoms. The fourth-order valence-electron chi connectivity index (χ4n) is 5.88. The van der Waals surface area contributed by atoms with Crippen molar-refractivity contribution in [3.05, 3.63) is 59.2 Å². The topological polar surface area (TPSA) is 109 Å². The Morgan fingerprint density at radius 3 is 2.47 bits per heavy atom. The highest BCUT2D eigenvalue weighted by Gasteiger charge is 2.66. The highest BCUT2D eigenvalue weighted by molar-refractivity contribution is 6.50. The second kappa shape index (κ2) is 9.45. The van der Waals surface area contributed by atoms with Gasteiger partial charge in [0.2, 0.25) is 0 Å². The number of rotatable bonds is 5. The van der Waals surface area contributed by atoms with E-state index in [4.69, 9.17) is 14.2 Å². The molecule has 4 heterocycles. The molecule has 2 amide bonds. The van der Waals surface area contributed by atoms with Gasteiger partial charge >= 0.3 is 0 Å². The molecule has 10 nitrogen and oxygen atoms in total. The second-order valence-corrected chi connectivity index (χ2v) is 9.77. The van der Waals surface area contributed by atoms with Crippen LogP contribution >= 0.6 is 0 Å². The summed E-state index contributed by atoms with van der Waals surface area (Å²) >= 11 is 0. The normalized spacial score (nSPS) is 24.4. The van der Waals surface area contributed by atoms with E-state index in [9.17, 15) is 19.5 Å². The number of aliphatic hydroxyl groups excluding tert-OH is 1. The first-order chi connectivity index (χ1) is 18.4. The van der Waals surface area contributed by atoms with E-state index < -0.39 is 28.9 Å². The van der Waals surface area contributed by atoms with Crippen molar-refractivity contribution in [3.8, 4) is 11.5 Å². The van der Waals surface area contributed by atoms with Gasteiger partial charge in [0.25, 0.3) is 17.6 Å². The number of fused-ring (bicyclic) bond motifs is 3. The summed E-state index contributed by atoms with van der Waals surface area (Å²) in [4.78, 5) is 46.3. The number of Topliss-reactive ketones (excluding diaryl/α,β-unsaturated/α-hetero) is 1. The van der Waals surface area contributed by atoms with Gasteiger partial charge in [-0.05, 0) is 30.7 Å². The molecule has 0 bridgehead atoms. The molecule has 0 aromatic heterocycles. The Morgan fingerprint density at radius 2 is 1.68 bits per heavy atom. The van der Waals surface area contributed by atoms with Crippen molar-refractivity contribution in [2.24, 2.45) is 0 Å². The second-order valence-electron chi connectivity index (χ2n) is 9.77. The molecule has 6 rings (SSSR count). The van der Waals surface area contributed by atoms with Gasteiger partial charge in [0, 0.05) is 50.0 Å². The summed E-state index contributed by atoms with van der Waals surface area (Å²) in [6.45, 7) is 4.51. The number of likely N-dealkylation sites (tertiary alicyclic amines) is 1. The van der Waals surface area contributed by atoms with E-state index >= 15 is 0 Å². The number of aliphatic hydroxyl groups is 1. The Kier molecular flexibility index (Phi) is 6.08. The van der Waals surface area contributed by atoms with Crippen LogP contribution in [0.25, 0.3) is 5.76 Å². The predicted molar refractivity (Wildman–Crippen MR) is 137 cm³/mol. The van der Waals surface area contributed by atoms with Gasteiger partial charge in [-0.2, -0.15) is 0 Å². The molecule has 198 valence electrons. The van der Waals surface area contributed by atoms with Gasteiger partial charge < -0.3 is 29.1 Å². The molecule has 0 saturated carbocycles. The molecule has 1 atom stereocenters. The molecule has 38 heavy (non-hydrogen) atoms. The van der Waals surface area contributed by atoms with Crippen LogP contribution in [-0.2, 0) is 24.7 Å². The first kappa shape index (κ1) is 24.4. The monoisotopic (exact) mass is 519 g/mol. The molecule has 0 radical (unpaired) electrons. The van der Waals surface area contributed by atoms with Crippen molar-refractivity contribution in [3.63, 3.8) is 0 Å². The minimum atomic E-state index is -1.76. The summed E-state index contributed by atoms with van der Waals surface area (Å²) < 4.78 is 16.7. The molecule has 4 aliphatic heterocycles. The number of anilines is 1. The molecule has 2 fully saturated rings. The number of para-hydroxylation sites is 1. The largest absolute Gasteiger partial charge is 0.507 e. The molecule has 0 aliphatic carbocycles. The fourth-order valence-corrected chi connectivity index (χ4v) is 5.88. The molecule has 2 aromatic carbocycles. The summed E-state index contributed by atoms with van der Waals surface area (Å²) in [7, 11) is 1.62. The average molecular weight is 520 g/mol. The number of benzene rings is 2. The van der Waals surface area contributed by atoms with Gasteiger partial charge in [0.05, 0.1) is 18.8 Å². The number of amides is 2. The Bertz CT molecular complexity index is 1350. The third kappa shape index (κ3) is 3.58. The maximum atomic E-state index is 14.1. The van der Waals surface area contributed by atoms with Crippen LogP contribution in [0, 0.1) is 0 Å². The van der Waals surface area contributed by atoms with Crippen LogP contribution < -0.4 is 14.4 Å². The minimum Gasteiger partial charge on any atom is -0.507 e. The van der Waals surface area contributed by atoms with Crippen LogP contribution in [0.5, 0.6) is 11.5 Å². The van der Waals surface area contributed by atoms with E-state index in [0.29, 0.717) is 62.1 Å². The summed E-state index contributed by atoms with van der Waals surface area (Å²) in [5, 5.41) is 11.6. The van der Waals surface area contributed by atoms with E-state index in [1.165, 1.54) is 9.80 Å². The Hall–Kier alpha value is -3.89. The summed E-state index contributed by atoms with van der Waals surface area (Å²) in [5.74, 6) is -1.62. The van der Waals surface area contributed by atoms with Crippen molar-refractivity contribution >= 4 is 29.0 Å². The summed E-state index contributed by atoms with van der Waals surface area (Å²) in [6.07, 6.45) is 0.554. The molecule has 0 unspecified atom stereocenters. The Balaban J connectivity index is 1.47. The lowest BCUT2D eigenvalue weighted by atomic mass is 9.81. The lowest BCUT2D eigenvalue weighted by molar-refractivity contribution is -0.143. The van der Waals surface area contributed by atoms with Gasteiger partial charge in [-0.15, -0.1) is 0 Å². The number of carbonyl (C=O) groups is 3. The van der Waals surface area contributed by atoms with Crippen molar-refractivity contribution in [2.75, 3.05) is 64.6 Å². The van der Waals surface area contributed by atoms with Crippen LogP contribution in [0.15, 0.2) is 48.0 Å². The predicted octanol–water partition coefficient (Wildman–Crippen LogP) is 1.73. The molecular weight excluding hydrogens is 490 g/mol. The molecule has 2 saturated heterocycles. The van der Waals surface area contributed by atoms with Crippen molar-refractivity contribution in [1.82, 2.24) is 9.80 Å². The van der Waals surface area contributed by atoms with E-state index in [1.54, 1.807) is 49.5 Å². The first-order valence-corrected chi connectivity index (χ1v) is 12.8. The molecule has 1 spiro atoms. The number of nitrogens with zero attached hydrogens (tertiary/aromatic N) is 3. The van der Waals surface area contributed by atoms with Crippen molar-refractivity contribution in [2.45, 2.75) is 12.0 Å². The average Bonchev–Trinajstić information content (AvgIpc) is 3.31. The fraction of sp³-hybridized carbons (Fsp3) is 0.393. The van der Waals surface area contributed by atoms with Crippen LogP contribution in [0.4, 0.5) is 5.69 Å². The van der Waals surface area contributed by atoms with Crippen LogP contribution in [-0.4, -0.2) is 92.2 Å². The van der Waals surface area contributed by atoms with E-state index in [-0.39, 0.29) is 17.7 Å². The molecule has 4 aliphatic rings. The number of hydrogen-bond donors (Lipinski definition) is 1. The maximum absolute atomic E-state index is 14.1. The Labute approximate surface area is 220 Å². The zero-order chi connectivity index (χ0) is 26.4. The van der Waals surface area contributed by atoms with Gasteiger partial charge in [0.15, 0.2) is 17.0 Å². The number of likely N-dealkylation sites (N-methyl/N-ethyl adjacent to an activating group) is 1. The molecule has 1 N–H and O–H groups in total. The number of carbonyl (C=O) groups excluding carboxylic acids is 3. The van der Waals surface area contributed by atoms with Crippen LogP contribution in [0.3, 0.4) is 0 Å². The highest BCUT2D eigenvalue weighted by Crippen LogP contribution is 2.53. The minimum absolute atomic E-state index is 0.174. The lowest BCUT2D eigenvalue weighted by Crippen LogP contribution is -2.52. The highest BCUT2D eigenvalue weighted by atomic mass is 16.6. The van der Waals surface area contributed by atoms with Gasteiger partial charge in [-0.25, -0.2) is 0 Å². The first-order valence-electron chi connectivity index (χ1n) is 12.8. The Morgan fingerprint density at radius 1 is 0.947 bits per heavy atom. The summed E-state index contributed by atoms with van der Waals surface area (Å²) in [6, 6.07) is 11.9. The van der Waals surface area contributed by atoms with Crippen molar-refractivity contribution < 1.29 is 33.7 Å². The number of hydrogen-bond acceptors (Lipinski definition) is 8. The number of morpholine rings is 1. The van der Waals surface area contributed by atoms with E-state index in [2.05, 4.69) is 4.90 Å². The SMILES string of the molecule is CN1C(=O)[C@]2(/C(=C(\O)c3ccc4c(c3)OCCO4)C(=O)C(=O)N2CCCN2CCOCC2)c2ccccc21.